The Labute approximate surface area is 391 Å². The maximum Gasteiger partial charge on any atom is 0.220 e. The minimum atomic E-state index is 0.402. The van der Waals surface area contributed by atoms with Crippen molar-refractivity contribution in [3.05, 3.63) is 205 Å². The van der Waals surface area contributed by atoms with Gasteiger partial charge in [0.15, 0.2) is 0 Å². The number of hydrogen-bond acceptors (Lipinski definition) is 4. The Morgan fingerprint density at radius 2 is 1.18 bits per heavy atom. The first-order valence-electron chi connectivity index (χ1n) is 22.5. The molecule has 0 amide bonds. The molecule has 0 spiro atoms. The molecule has 0 saturated heterocycles. The Balaban J connectivity index is 1.25. The lowest BCUT2D eigenvalue weighted by Gasteiger charge is -2.26. The molecule has 0 aliphatic rings. The molecular weight excluding hydrogens is 851 g/mol. The molecule has 5 heterocycles. The van der Waals surface area contributed by atoms with E-state index < -0.39 is 0 Å². The van der Waals surface area contributed by atoms with Crippen molar-refractivity contribution in [1.82, 2.24) is 14.1 Å². The number of thiophene rings is 1. The van der Waals surface area contributed by atoms with Crippen LogP contribution in [0.15, 0.2) is 193 Å². The minimum Gasteiger partial charge on any atom is -0.456 e. The summed E-state index contributed by atoms with van der Waals surface area (Å²) >= 11 is 1.77. The number of pyridine rings is 1. The molecular formula is C61H31N5OS. The van der Waals surface area contributed by atoms with Gasteiger partial charge in [-0.1, -0.05) is 133 Å². The Morgan fingerprint density at radius 1 is 0.515 bits per heavy atom. The van der Waals surface area contributed by atoms with Gasteiger partial charge in [0.2, 0.25) is 5.69 Å². The number of benzene rings is 10. The summed E-state index contributed by atoms with van der Waals surface area (Å²) in [6.45, 7) is 9.33. The Kier molecular flexibility index (Phi) is 7.42. The standard InChI is InChI=1S/C61H31N5OS/c1-63-57-53(34-14-4-2-5-15-34)45(32-62)58(54(35-16-6-3-7-17-35)60(57)65-47-22-12-20-39-36-28-29-64-33-46(36)40-21-13-23-48(65)56(40)55(39)47)66-49-30-44-37-18-8-10-24-50(37)67-51(44)31-43(49)41-26-27-42-38-19-9-11-25-52(38)68-61(42)59(41)66/h2-31,33H. The van der Waals surface area contributed by atoms with E-state index in [4.69, 9.17) is 4.42 Å². The molecule has 0 radical (unpaired) electrons. The van der Waals surface area contributed by atoms with Gasteiger partial charge in [-0.2, -0.15) is 5.26 Å². The van der Waals surface area contributed by atoms with Crippen LogP contribution in [0.2, 0.25) is 0 Å². The fourth-order valence-electron chi connectivity index (χ4n) is 11.5. The predicted molar refractivity (Wildman–Crippen MR) is 281 cm³/mol. The van der Waals surface area contributed by atoms with E-state index in [-0.39, 0.29) is 0 Å². The summed E-state index contributed by atoms with van der Waals surface area (Å²) in [6, 6.07) is 63.9. The van der Waals surface area contributed by atoms with Crippen LogP contribution >= 0.6 is 11.3 Å². The first-order chi connectivity index (χ1) is 33.7. The average Bonchev–Trinajstić information content (AvgIpc) is 4.15. The van der Waals surface area contributed by atoms with Gasteiger partial charge in [0.25, 0.3) is 0 Å². The average molecular weight is 882 g/mol. The van der Waals surface area contributed by atoms with Crippen molar-refractivity contribution < 1.29 is 4.42 Å². The normalized spacial score (nSPS) is 12.1. The van der Waals surface area contributed by atoms with Crippen LogP contribution in [-0.4, -0.2) is 14.1 Å². The third-order valence-corrected chi connectivity index (χ3v) is 15.4. The minimum absolute atomic E-state index is 0.402. The third kappa shape index (κ3) is 4.74. The van der Waals surface area contributed by atoms with Crippen molar-refractivity contribution in [2.75, 3.05) is 0 Å². The van der Waals surface area contributed by atoms with E-state index in [0.29, 0.717) is 28.2 Å². The number of aromatic nitrogens is 3. The molecule has 0 saturated carbocycles. The Hall–Kier alpha value is -9.27. The predicted octanol–water partition coefficient (Wildman–Crippen LogP) is 17.0. The second-order valence-electron chi connectivity index (χ2n) is 17.5. The zero-order chi connectivity index (χ0) is 44.8. The van der Waals surface area contributed by atoms with Gasteiger partial charge in [0.1, 0.15) is 17.2 Å². The van der Waals surface area contributed by atoms with Gasteiger partial charge in [-0.15, -0.1) is 11.3 Å². The molecule has 0 aliphatic heterocycles. The van der Waals surface area contributed by atoms with Crippen molar-refractivity contribution in [2.45, 2.75) is 0 Å². The van der Waals surface area contributed by atoms with Gasteiger partial charge in [-0.05, 0) is 69.8 Å². The molecule has 5 aromatic heterocycles. The van der Waals surface area contributed by atoms with Crippen LogP contribution < -0.4 is 0 Å². The molecule has 0 unspecified atom stereocenters. The zero-order valence-electron chi connectivity index (χ0n) is 36.0. The van der Waals surface area contributed by atoms with Gasteiger partial charge in [-0.3, -0.25) is 4.98 Å². The molecule has 0 fully saturated rings. The largest absolute Gasteiger partial charge is 0.456 e. The quantitative estimate of drug-likeness (QED) is 0.131. The highest BCUT2D eigenvalue weighted by Gasteiger charge is 2.33. The lowest BCUT2D eigenvalue weighted by molar-refractivity contribution is 0.669. The van der Waals surface area contributed by atoms with Gasteiger partial charge in [0.05, 0.1) is 50.3 Å². The number of fused-ring (bicyclic) bond motifs is 13. The van der Waals surface area contributed by atoms with Gasteiger partial charge in [0, 0.05) is 76.7 Å². The molecule has 7 heteroatoms. The lowest BCUT2D eigenvalue weighted by atomic mass is 9.88. The van der Waals surface area contributed by atoms with Gasteiger partial charge >= 0.3 is 0 Å². The third-order valence-electron chi connectivity index (χ3n) is 14.2. The molecule has 68 heavy (non-hydrogen) atoms. The van der Waals surface area contributed by atoms with E-state index in [1.807, 2.05) is 60.9 Å². The Morgan fingerprint density at radius 3 is 1.93 bits per heavy atom. The van der Waals surface area contributed by atoms with Crippen LogP contribution in [0.1, 0.15) is 5.56 Å². The van der Waals surface area contributed by atoms with Gasteiger partial charge < -0.3 is 13.6 Å². The maximum absolute atomic E-state index is 12.1. The summed E-state index contributed by atoms with van der Waals surface area (Å²) in [5.74, 6) is 0. The van der Waals surface area contributed by atoms with Crippen LogP contribution in [-0.2, 0) is 0 Å². The van der Waals surface area contributed by atoms with Crippen LogP contribution in [0.25, 0.3) is 146 Å². The molecule has 0 N–H and O–H groups in total. The molecule has 15 rings (SSSR count). The SMILES string of the molecule is [C-]#[N+]c1c(-c2ccccc2)c(C#N)c(-n2c3cc4c(cc3c3ccc5c6ccccc6sc5c32)oc2ccccc24)c(-c2ccccc2)c1-n1c2cccc3c4ccncc4c4cccc1c4c32. The summed E-state index contributed by atoms with van der Waals surface area (Å²) < 4.78 is 13.6. The molecule has 0 aliphatic carbocycles. The van der Waals surface area contributed by atoms with Crippen molar-refractivity contribution in [2.24, 2.45) is 0 Å². The van der Waals surface area contributed by atoms with Crippen LogP contribution in [0, 0.1) is 17.9 Å². The second-order valence-corrected chi connectivity index (χ2v) is 18.6. The topological polar surface area (TPSA) is 64.0 Å². The van der Waals surface area contributed by atoms with Crippen molar-refractivity contribution in [3.8, 4) is 39.7 Å². The molecule has 0 bridgehead atoms. The van der Waals surface area contributed by atoms with Crippen LogP contribution in [0.3, 0.4) is 0 Å². The smallest absolute Gasteiger partial charge is 0.220 e. The van der Waals surface area contributed by atoms with Crippen molar-refractivity contribution in [3.63, 3.8) is 0 Å². The van der Waals surface area contributed by atoms with E-state index in [9.17, 15) is 11.8 Å². The first kappa shape index (κ1) is 37.0. The number of rotatable bonds is 4. The van der Waals surface area contributed by atoms with Crippen molar-refractivity contribution in [1.29, 1.82) is 5.26 Å². The number of para-hydroxylation sites is 1. The second kappa shape index (κ2) is 13.6. The maximum atomic E-state index is 12.1. The molecule has 10 aromatic carbocycles. The van der Waals surface area contributed by atoms with Gasteiger partial charge in [-0.25, -0.2) is 4.85 Å². The highest BCUT2D eigenvalue weighted by Crippen LogP contribution is 2.55. The molecule has 312 valence electrons. The summed E-state index contributed by atoms with van der Waals surface area (Å²) in [4.78, 5) is 9.16. The molecule has 15 aromatic rings. The summed E-state index contributed by atoms with van der Waals surface area (Å²) in [6.07, 6.45) is 3.83. The number of nitrogens with zero attached hydrogens (tertiary/aromatic N) is 5. The lowest BCUT2D eigenvalue weighted by Crippen LogP contribution is -2.08. The van der Waals surface area contributed by atoms with Crippen LogP contribution in [0.4, 0.5) is 5.69 Å². The fourth-order valence-corrected chi connectivity index (χ4v) is 12.7. The van der Waals surface area contributed by atoms with E-state index in [2.05, 4.69) is 152 Å². The summed E-state index contributed by atoms with van der Waals surface area (Å²) in [5.41, 5.74) is 10.8. The van der Waals surface area contributed by atoms with E-state index in [1.54, 1.807) is 11.3 Å². The molecule has 0 atom stereocenters. The van der Waals surface area contributed by atoms with E-state index >= 15 is 0 Å². The number of furan rings is 1. The number of nitriles is 1. The van der Waals surface area contributed by atoms with E-state index in [1.165, 1.54) is 10.1 Å². The first-order valence-corrected chi connectivity index (χ1v) is 23.4. The highest BCUT2D eigenvalue weighted by molar-refractivity contribution is 7.26. The Bertz CT molecular complexity index is 4660. The molecule has 6 nitrogen and oxygen atoms in total. The van der Waals surface area contributed by atoms with E-state index in [0.717, 1.165) is 114 Å². The van der Waals surface area contributed by atoms with Crippen molar-refractivity contribution >= 4 is 124 Å². The van der Waals surface area contributed by atoms with Crippen LogP contribution in [0.5, 0.6) is 0 Å². The number of hydrogen-bond donors (Lipinski definition) is 0. The summed E-state index contributed by atoms with van der Waals surface area (Å²) in [5, 5.41) is 25.1. The fraction of sp³-hybridized carbons (Fsp3) is 0. The highest BCUT2D eigenvalue weighted by atomic mass is 32.1. The monoisotopic (exact) mass is 881 g/mol. The summed E-state index contributed by atoms with van der Waals surface area (Å²) in [7, 11) is 0. The zero-order valence-corrected chi connectivity index (χ0v) is 36.8.